The third-order valence-electron chi connectivity index (χ3n) is 2.11. The standard InChI is InChI=1S/C11H12ClN/c1-11(2,8-13)10-5-3-9(7-12)4-6-10/h3-6H,7H2,1-2H3. The van der Waals surface area contributed by atoms with E-state index in [9.17, 15) is 0 Å². The van der Waals surface area contributed by atoms with Crippen molar-refractivity contribution >= 4 is 11.6 Å². The molecule has 1 aromatic rings. The molecule has 0 saturated heterocycles. The lowest BCUT2D eigenvalue weighted by atomic mass is 9.86. The number of halogens is 1. The van der Waals surface area contributed by atoms with Crippen molar-refractivity contribution in [3.8, 4) is 6.07 Å². The Kier molecular flexibility index (Phi) is 2.95. The molecule has 0 aromatic heterocycles. The number of rotatable bonds is 2. The Labute approximate surface area is 84.0 Å². The molecule has 1 rings (SSSR count). The molecule has 2 heteroatoms. The van der Waals surface area contributed by atoms with E-state index in [1.807, 2.05) is 38.1 Å². The van der Waals surface area contributed by atoms with Gasteiger partial charge in [0.25, 0.3) is 0 Å². The minimum absolute atomic E-state index is 0.412. The van der Waals surface area contributed by atoms with Crippen molar-refractivity contribution in [3.05, 3.63) is 35.4 Å². The Hall–Kier alpha value is -1.00. The summed E-state index contributed by atoms with van der Waals surface area (Å²) in [6, 6.07) is 10.1. The zero-order valence-corrected chi connectivity index (χ0v) is 8.60. The van der Waals surface area contributed by atoms with Crippen LogP contribution in [0.5, 0.6) is 0 Å². The lowest BCUT2D eigenvalue weighted by Gasteiger charge is -2.15. The van der Waals surface area contributed by atoms with E-state index in [2.05, 4.69) is 6.07 Å². The maximum Gasteiger partial charge on any atom is 0.0766 e. The van der Waals surface area contributed by atoms with Gasteiger partial charge >= 0.3 is 0 Å². The third-order valence-corrected chi connectivity index (χ3v) is 2.42. The molecular formula is C11H12ClN. The van der Waals surface area contributed by atoms with Crippen molar-refractivity contribution in [3.63, 3.8) is 0 Å². The summed E-state index contributed by atoms with van der Waals surface area (Å²) in [7, 11) is 0. The van der Waals surface area contributed by atoms with Crippen LogP contribution < -0.4 is 0 Å². The molecule has 0 heterocycles. The van der Waals surface area contributed by atoms with Gasteiger partial charge in [-0.05, 0) is 25.0 Å². The number of hydrogen-bond acceptors (Lipinski definition) is 1. The molecule has 0 N–H and O–H groups in total. The predicted molar refractivity (Wildman–Crippen MR) is 54.6 cm³/mol. The van der Waals surface area contributed by atoms with Crippen LogP contribution in [0.2, 0.25) is 0 Å². The summed E-state index contributed by atoms with van der Waals surface area (Å²) >= 11 is 5.66. The Morgan fingerprint density at radius 3 is 2.23 bits per heavy atom. The van der Waals surface area contributed by atoms with E-state index >= 15 is 0 Å². The van der Waals surface area contributed by atoms with Gasteiger partial charge in [0.15, 0.2) is 0 Å². The molecule has 0 aliphatic heterocycles. The first-order valence-corrected chi connectivity index (χ1v) is 4.70. The Morgan fingerprint density at radius 2 is 1.85 bits per heavy atom. The number of hydrogen-bond donors (Lipinski definition) is 0. The van der Waals surface area contributed by atoms with Crippen LogP contribution in [0.3, 0.4) is 0 Å². The molecule has 0 atom stereocenters. The number of nitriles is 1. The zero-order chi connectivity index (χ0) is 9.90. The molecule has 0 spiro atoms. The van der Waals surface area contributed by atoms with E-state index in [1.54, 1.807) is 0 Å². The van der Waals surface area contributed by atoms with E-state index in [-0.39, 0.29) is 0 Å². The maximum atomic E-state index is 8.90. The SMILES string of the molecule is CC(C)(C#N)c1ccc(CCl)cc1. The van der Waals surface area contributed by atoms with Crippen LogP contribution in [0.15, 0.2) is 24.3 Å². The highest BCUT2D eigenvalue weighted by Crippen LogP contribution is 2.22. The number of nitrogens with zero attached hydrogens (tertiary/aromatic N) is 1. The first-order chi connectivity index (χ1) is 6.10. The van der Waals surface area contributed by atoms with Gasteiger partial charge in [-0.2, -0.15) is 5.26 Å². The normalized spacial score (nSPS) is 10.9. The zero-order valence-electron chi connectivity index (χ0n) is 7.84. The minimum Gasteiger partial charge on any atom is -0.197 e. The average molecular weight is 194 g/mol. The van der Waals surface area contributed by atoms with E-state index < -0.39 is 5.41 Å². The molecule has 13 heavy (non-hydrogen) atoms. The van der Waals surface area contributed by atoms with Crippen molar-refractivity contribution in [1.82, 2.24) is 0 Å². The van der Waals surface area contributed by atoms with E-state index in [4.69, 9.17) is 16.9 Å². The fraction of sp³-hybridized carbons (Fsp3) is 0.364. The second-order valence-electron chi connectivity index (χ2n) is 3.57. The summed E-state index contributed by atoms with van der Waals surface area (Å²) in [4.78, 5) is 0. The first kappa shape index (κ1) is 10.1. The van der Waals surface area contributed by atoms with Crippen LogP contribution in [0.25, 0.3) is 0 Å². The molecule has 0 radical (unpaired) electrons. The Balaban J connectivity index is 3.00. The van der Waals surface area contributed by atoms with Gasteiger partial charge < -0.3 is 0 Å². The number of benzene rings is 1. The number of alkyl halides is 1. The molecular weight excluding hydrogens is 182 g/mol. The minimum atomic E-state index is -0.412. The molecule has 1 aromatic carbocycles. The van der Waals surface area contributed by atoms with Gasteiger partial charge in [-0.1, -0.05) is 24.3 Å². The van der Waals surface area contributed by atoms with Crippen LogP contribution in [-0.2, 0) is 11.3 Å². The van der Waals surface area contributed by atoms with Crippen LogP contribution >= 0.6 is 11.6 Å². The molecule has 68 valence electrons. The third kappa shape index (κ3) is 2.23. The van der Waals surface area contributed by atoms with Crippen molar-refractivity contribution in [2.45, 2.75) is 25.1 Å². The molecule has 0 fully saturated rings. The summed E-state index contributed by atoms with van der Waals surface area (Å²) in [6.07, 6.45) is 0. The second-order valence-corrected chi connectivity index (χ2v) is 3.83. The van der Waals surface area contributed by atoms with Crippen molar-refractivity contribution < 1.29 is 0 Å². The molecule has 0 bridgehead atoms. The Morgan fingerprint density at radius 1 is 1.31 bits per heavy atom. The topological polar surface area (TPSA) is 23.8 Å². The van der Waals surface area contributed by atoms with Crippen LogP contribution in [-0.4, -0.2) is 0 Å². The lowest BCUT2D eigenvalue weighted by molar-refractivity contribution is 0.686. The molecule has 1 nitrogen and oxygen atoms in total. The van der Waals surface area contributed by atoms with Crippen LogP contribution in [0.4, 0.5) is 0 Å². The van der Waals surface area contributed by atoms with Gasteiger partial charge in [-0.15, -0.1) is 11.6 Å². The second kappa shape index (κ2) is 3.81. The highest BCUT2D eigenvalue weighted by molar-refractivity contribution is 6.17. The van der Waals surface area contributed by atoms with Gasteiger partial charge in [-0.25, -0.2) is 0 Å². The summed E-state index contributed by atoms with van der Waals surface area (Å²) in [5.74, 6) is 0.521. The molecule has 0 aliphatic carbocycles. The molecule has 0 amide bonds. The highest BCUT2D eigenvalue weighted by atomic mass is 35.5. The van der Waals surface area contributed by atoms with E-state index in [0.29, 0.717) is 5.88 Å². The fourth-order valence-corrected chi connectivity index (χ4v) is 1.25. The summed E-state index contributed by atoms with van der Waals surface area (Å²) in [5, 5.41) is 8.90. The molecule has 0 unspecified atom stereocenters. The van der Waals surface area contributed by atoms with Crippen molar-refractivity contribution in [2.75, 3.05) is 0 Å². The quantitative estimate of drug-likeness (QED) is 0.662. The fourth-order valence-electron chi connectivity index (χ4n) is 1.08. The predicted octanol–water partition coefficient (Wildman–Crippen LogP) is 3.23. The highest BCUT2D eigenvalue weighted by Gasteiger charge is 2.18. The maximum absolute atomic E-state index is 8.90. The summed E-state index contributed by atoms with van der Waals surface area (Å²) in [6.45, 7) is 3.81. The van der Waals surface area contributed by atoms with Gasteiger partial charge in [0.05, 0.1) is 11.5 Å². The smallest absolute Gasteiger partial charge is 0.0766 e. The summed E-state index contributed by atoms with van der Waals surface area (Å²) in [5.41, 5.74) is 1.70. The van der Waals surface area contributed by atoms with Crippen LogP contribution in [0, 0.1) is 11.3 Å². The van der Waals surface area contributed by atoms with Gasteiger partial charge in [0, 0.05) is 5.88 Å². The largest absolute Gasteiger partial charge is 0.197 e. The van der Waals surface area contributed by atoms with Crippen LogP contribution in [0.1, 0.15) is 25.0 Å². The van der Waals surface area contributed by atoms with Crippen molar-refractivity contribution in [2.24, 2.45) is 0 Å². The lowest BCUT2D eigenvalue weighted by Crippen LogP contribution is -2.13. The summed E-state index contributed by atoms with van der Waals surface area (Å²) < 4.78 is 0. The van der Waals surface area contributed by atoms with Gasteiger partial charge in [0.2, 0.25) is 0 Å². The Bertz CT molecular complexity index is 319. The van der Waals surface area contributed by atoms with E-state index in [1.165, 1.54) is 0 Å². The van der Waals surface area contributed by atoms with Crippen molar-refractivity contribution in [1.29, 1.82) is 5.26 Å². The average Bonchev–Trinajstić information content (AvgIpc) is 2.18. The molecule has 0 aliphatic rings. The monoisotopic (exact) mass is 193 g/mol. The van der Waals surface area contributed by atoms with E-state index in [0.717, 1.165) is 11.1 Å². The molecule has 0 saturated carbocycles. The first-order valence-electron chi connectivity index (χ1n) is 4.17. The van der Waals surface area contributed by atoms with Gasteiger partial charge in [-0.3, -0.25) is 0 Å². The van der Waals surface area contributed by atoms with Gasteiger partial charge in [0.1, 0.15) is 0 Å².